The normalized spacial score (nSPS) is 26.2. The van der Waals surface area contributed by atoms with Gasteiger partial charge in [0.1, 0.15) is 17.0 Å². The Balaban J connectivity index is 1.51. The molecule has 0 spiro atoms. The average Bonchev–Trinajstić information content (AvgIpc) is 3.23. The molecule has 0 radical (unpaired) electrons. The van der Waals surface area contributed by atoms with E-state index in [4.69, 9.17) is 22.3 Å². The number of aliphatic hydroxyl groups is 1. The van der Waals surface area contributed by atoms with Gasteiger partial charge in [0.15, 0.2) is 11.5 Å². The number of amides is 1. The van der Waals surface area contributed by atoms with Gasteiger partial charge in [0.05, 0.1) is 17.3 Å². The largest absolute Gasteiger partial charge is 0.393 e. The Hall–Kier alpha value is -3.05. The highest BCUT2D eigenvalue weighted by molar-refractivity contribution is 6.31. The fourth-order valence-corrected chi connectivity index (χ4v) is 5.54. The lowest BCUT2D eigenvalue weighted by Crippen LogP contribution is -2.35. The van der Waals surface area contributed by atoms with Crippen LogP contribution in [0.1, 0.15) is 57.9 Å². The van der Waals surface area contributed by atoms with Gasteiger partial charge in [-0.05, 0) is 63.0 Å². The summed E-state index contributed by atoms with van der Waals surface area (Å²) in [7, 11) is 0. The van der Waals surface area contributed by atoms with E-state index in [0.717, 1.165) is 25.0 Å². The van der Waals surface area contributed by atoms with Crippen LogP contribution in [0.2, 0.25) is 5.02 Å². The first kappa shape index (κ1) is 25.6. The van der Waals surface area contributed by atoms with Crippen LogP contribution in [-0.4, -0.2) is 42.7 Å². The van der Waals surface area contributed by atoms with Crippen molar-refractivity contribution < 1.29 is 18.7 Å². The van der Waals surface area contributed by atoms with E-state index in [-0.39, 0.29) is 46.9 Å². The number of nitrogens with two attached hydrogens (primary N) is 1. The van der Waals surface area contributed by atoms with E-state index in [2.05, 4.69) is 20.6 Å². The number of anilines is 3. The maximum Gasteiger partial charge on any atom is 0.224 e. The van der Waals surface area contributed by atoms with Crippen molar-refractivity contribution in [3.05, 3.63) is 35.0 Å². The number of hydrogen-bond acceptors (Lipinski definition) is 7. The van der Waals surface area contributed by atoms with Gasteiger partial charge in [0, 0.05) is 18.0 Å². The van der Waals surface area contributed by atoms with Crippen LogP contribution in [0.15, 0.2) is 18.3 Å². The van der Waals surface area contributed by atoms with Gasteiger partial charge >= 0.3 is 0 Å². The van der Waals surface area contributed by atoms with Gasteiger partial charge in [0.25, 0.3) is 0 Å². The van der Waals surface area contributed by atoms with Crippen LogP contribution in [0.25, 0.3) is 11.2 Å². The van der Waals surface area contributed by atoms with Gasteiger partial charge in [-0.3, -0.25) is 9.36 Å². The fraction of sp³-hybridized carbons (Fsp3) is 0.520. The number of hydrogen-bond donors (Lipinski definition) is 4. The number of benzene rings is 1. The van der Waals surface area contributed by atoms with Crippen LogP contribution in [0, 0.1) is 23.5 Å². The number of fused-ring (bicyclic) bond motifs is 1. The zero-order valence-corrected chi connectivity index (χ0v) is 21.2. The Labute approximate surface area is 217 Å². The van der Waals surface area contributed by atoms with Crippen molar-refractivity contribution in [1.82, 2.24) is 19.5 Å². The molecule has 2 fully saturated rings. The number of aliphatic hydroxyl groups excluding tert-OH is 1. The quantitative estimate of drug-likeness (QED) is 0.338. The molecule has 1 amide bonds. The van der Waals surface area contributed by atoms with Gasteiger partial charge in [-0.2, -0.15) is 4.98 Å². The molecule has 1 aromatic carbocycles. The van der Waals surface area contributed by atoms with Crippen molar-refractivity contribution in [2.45, 2.75) is 70.1 Å². The van der Waals surface area contributed by atoms with Gasteiger partial charge in [-0.15, -0.1) is 0 Å². The molecule has 0 aliphatic heterocycles. The van der Waals surface area contributed by atoms with Crippen molar-refractivity contribution in [1.29, 1.82) is 0 Å². The topological polar surface area (TPSA) is 131 Å². The number of halogens is 3. The number of rotatable bonds is 6. The highest BCUT2D eigenvalue weighted by atomic mass is 35.5. The Morgan fingerprint density at radius 3 is 2.62 bits per heavy atom. The summed E-state index contributed by atoms with van der Waals surface area (Å²) in [4.78, 5) is 25.4. The first-order valence-corrected chi connectivity index (χ1v) is 13.0. The molecular weight excluding hydrogens is 504 g/mol. The van der Waals surface area contributed by atoms with Gasteiger partial charge < -0.3 is 21.5 Å². The standard InChI is InChI=1S/C25H30ClF2N7O2/c1-12-2-5-14(10-19(12)36)31-24-30-11-18-23(34-24)35(15-6-3-13(4-7-15)22(29)37)25(32-18)33-21-17(27)9-8-16(26)20(21)28/h8-9,11-15,19,36H,2-7,10H2,1H3,(H2,29,37)(H,32,33)(H,30,31,34)/t12-,13-,14?,15+,19-/m1/s1. The number of carbonyl (C=O) groups is 1. The second kappa shape index (κ2) is 10.4. The van der Waals surface area contributed by atoms with Crippen molar-refractivity contribution in [3.8, 4) is 0 Å². The lowest BCUT2D eigenvalue weighted by molar-refractivity contribution is -0.122. The highest BCUT2D eigenvalue weighted by Gasteiger charge is 2.30. The Kier molecular flexibility index (Phi) is 7.17. The van der Waals surface area contributed by atoms with Crippen LogP contribution in [0.5, 0.6) is 0 Å². The second-order valence-electron chi connectivity index (χ2n) is 10.2. The van der Waals surface area contributed by atoms with E-state index in [1.54, 1.807) is 6.20 Å². The molecule has 198 valence electrons. The summed E-state index contributed by atoms with van der Waals surface area (Å²) < 4.78 is 31.1. The summed E-state index contributed by atoms with van der Waals surface area (Å²) in [5.74, 6) is -1.43. The van der Waals surface area contributed by atoms with Crippen LogP contribution < -0.4 is 16.4 Å². The first-order chi connectivity index (χ1) is 17.7. The Morgan fingerprint density at radius 2 is 1.92 bits per heavy atom. The van der Waals surface area contributed by atoms with Crippen LogP contribution >= 0.6 is 11.6 Å². The smallest absolute Gasteiger partial charge is 0.224 e. The molecule has 2 heterocycles. The summed E-state index contributed by atoms with van der Waals surface area (Å²) in [6.45, 7) is 2.04. The third-order valence-electron chi connectivity index (χ3n) is 7.66. The summed E-state index contributed by atoms with van der Waals surface area (Å²) >= 11 is 5.90. The van der Waals surface area contributed by atoms with Gasteiger partial charge in [-0.25, -0.2) is 18.7 Å². The molecule has 12 heteroatoms. The predicted octanol–water partition coefficient (Wildman–Crippen LogP) is 4.68. The van der Waals surface area contributed by atoms with Crippen molar-refractivity contribution in [3.63, 3.8) is 0 Å². The number of imidazole rings is 1. The molecule has 9 nitrogen and oxygen atoms in total. The number of nitrogens with one attached hydrogen (secondary N) is 2. The van der Waals surface area contributed by atoms with Crippen LogP contribution in [0.3, 0.4) is 0 Å². The monoisotopic (exact) mass is 533 g/mol. The molecule has 3 aromatic rings. The van der Waals surface area contributed by atoms with Gasteiger partial charge in [-0.1, -0.05) is 18.5 Å². The lowest BCUT2D eigenvalue weighted by atomic mass is 9.85. The van der Waals surface area contributed by atoms with Crippen LogP contribution in [0.4, 0.5) is 26.4 Å². The zero-order chi connectivity index (χ0) is 26.3. The maximum atomic E-state index is 14.7. The molecule has 0 bridgehead atoms. The number of nitrogens with zero attached hydrogens (tertiary/aromatic N) is 4. The minimum absolute atomic E-state index is 0.0262. The molecule has 2 aliphatic rings. The predicted molar refractivity (Wildman–Crippen MR) is 137 cm³/mol. The van der Waals surface area contributed by atoms with E-state index in [0.29, 0.717) is 49.2 Å². The molecule has 2 saturated carbocycles. The molecule has 3 atom stereocenters. The molecule has 1 unspecified atom stereocenters. The number of primary amides is 1. The van der Waals surface area contributed by atoms with Crippen LogP contribution in [-0.2, 0) is 4.79 Å². The molecule has 5 rings (SSSR count). The Morgan fingerprint density at radius 1 is 1.16 bits per heavy atom. The number of carbonyl (C=O) groups excluding carboxylic acids is 1. The lowest BCUT2D eigenvalue weighted by Gasteiger charge is -2.31. The average molecular weight is 534 g/mol. The summed E-state index contributed by atoms with van der Waals surface area (Å²) in [5.41, 5.74) is 6.05. The van der Waals surface area contributed by atoms with Crippen molar-refractivity contribution in [2.75, 3.05) is 10.6 Å². The molecule has 0 saturated heterocycles. The minimum Gasteiger partial charge on any atom is -0.393 e. The molecule has 2 aliphatic carbocycles. The first-order valence-electron chi connectivity index (χ1n) is 12.6. The third-order valence-corrected chi connectivity index (χ3v) is 7.96. The SMILES string of the molecule is C[C@@H]1CCC(Nc2ncc3nc(Nc4c(F)ccc(Cl)c4F)n([C@H]4CC[C@@H](C(N)=O)CC4)c3n2)C[C@H]1O. The molecule has 5 N–H and O–H groups in total. The Bertz CT molecular complexity index is 1310. The van der Waals surface area contributed by atoms with Gasteiger partial charge in [0.2, 0.25) is 17.8 Å². The minimum atomic E-state index is -0.920. The van der Waals surface area contributed by atoms with Crippen molar-refractivity contribution >= 4 is 46.3 Å². The zero-order valence-electron chi connectivity index (χ0n) is 20.4. The van der Waals surface area contributed by atoms with E-state index < -0.39 is 17.3 Å². The maximum absolute atomic E-state index is 14.7. The summed E-state index contributed by atoms with van der Waals surface area (Å²) in [6.07, 6.45) is 5.97. The van der Waals surface area contributed by atoms with E-state index >= 15 is 0 Å². The second-order valence-corrected chi connectivity index (χ2v) is 10.6. The number of aromatic nitrogens is 4. The molecule has 2 aromatic heterocycles. The summed E-state index contributed by atoms with van der Waals surface area (Å²) in [6, 6.07) is 2.13. The van der Waals surface area contributed by atoms with E-state index in [9.17, 15) is 18.7 Å². The third kappa shape index (κ3) is 5.19. The van der Waals surface area contributed by atoms with E-state index in [1.165, 1.54) is 0 Å². The fourth-order valence-electron chi connectivity index (χ4n) is 5.38. The summed E-state index contributed by atoms with van der Waals surface area (Å²) in [5, 5.41) is 16.2. The highest BCUT2D eigenvalue weighted by Crippen LogP contribution is 2.38. The molecular formula is C25H30ClF2N7O2. The molecule has 37 heavy (non-hydrogen) atoms. The van der Waals surface area contributed by atoms with E-state index in [1.807, 2.05) is 11.5 Å². The van der Waals surface area contributed by atoms with Crippen molar-refractivity contribution in [2.24, 2.45) is 17.6 Å².